The van der Waals surface area contributed by atoms with Gasteiger partial charge in [-0.05, 0) is 68.7 Å². The second-order valence-corrected chi connectivity index (χ2v) is 9.74. The second kappa shape index (κ2) is 10.2. The van der Waals surface area contributed by atoms with E-state index < -0.39 is 5.76 Å². The van der Waals surface area contributed by atoms with Crippen molar-refractivity contribution in [3.63, 3.8) is 0 Å². The molecule has 0 aliphatic rings. The summed E-state index contributed by atoms with van der Waals surface area (Å²) in [6, 6.07) is 17.4. The maximum Gasteiger partial charge on any atom is 0.417 e. The monoisotopic (exact) mass is 531 g/mol. The van der Waals surface area contributed by atoms with E-state index in [1.165, 1.54) is 0 Å². The fraction of sp³-hybridized carbons (Fsp3) is 0.179. The van der Waals surface area contributed by atoms with Crippen LogP contribution in [0.5, 0.6) is 5.88 Å². The highest BCUT2D eigenvalue weighted by Gasteiger charge is 2.20. The van der Waals surface area contributed by atoms with Gasteiger partial charge >= 0.3 is 5.76 Å². The number of carbonyl (C=O) groups excluding carboxylic acids is 1. The fourth-order valence-corrected chi connectivity index (χ4v) is 4.41. The number of nitrogens with one attached hydrogen (secondary N) is 2. The lowest BCUT2D eigenvalue weighted by Gasteiger charge is -2.19. The van der Waals surface area contributed by atoms with Crippen molar-refractivity contribution in [3.05, 3.63) is 92.9 Å². The van der Waals surface area contributed by atoms with Crippen LogP contribution in [0.1, 0.15) is 21.5 Å². The number of H-pyrrole nitrogens is 2. The number of aromatic amines is 2. The number of fused-ring (bicyclic) bond motifs is 2. The normalized spacial score (nSPS) is 12.1. The molecule has 194 valence electrons. The van der Waals surface area contributed by atoms with Gasteiger partial charge in [0, 0.05) is 41.7 Å². The van der Waals surface area contributed by atoms with Crippen molar-refractivity contribution >= 4 is 50.9 Å². The van der Waals surface area contributed by atoms with Crippen molar-refractivity contribution in [3.8, 4) is 5.88 Å². The molecule has 0 radical (unpaired) electrons. The number of carbonyl (C=O) groups is 1. The third-order valence-electron chi connectivity index (χ3n) is 6.25. The van der Waals surface area contributed by atoms with Gasteiger partial charge in [0.25, 0.3) is 5.91 Å². The first-order valence-corrected chi connectivity index (χ1v) is 12.3. The van der Waals surface area contributed by atoms with Crippen molar-refractivity contribution in [1.82, 2.24) is 19.8 Å². The summed E-state index contributed by atoms with van der Waals surface area (Å²) in [6.07, 6.45) is 0. The molecule has 10 heteroatoms. The van der Waals surface area contributed by atoms with E-state index in [4.69, 9.17) is 21.0 Å². The summed E-state index contributed by atoms with van der Waals surface area (Å²) in [7, 11) is 5.70. The van der Waals surface area contributed by atoms with Crippen LogP contribution in [0.4, 0.5) is 5.69 Å². The average molecular weight is 532 g/mol. The summed E-state index contributed by atoms with van der Waals surface area (Å²) in [5.74, 6) is -0.713. The third kappa shape index (κ3) is 5.06. The third-order valence-corrected chi connectivity index (χ3v) is 6.49. The average Bonchev–Trinajstić information content (AvgIpc) is 3.42. The first-order chi connectivity index (χ1) is 18.2. The van der Waals surface area contributed by atoms with E-state index in [9.17, 15) is 14.7 Å². The van der Waals surface area contributed by atoms with E-state index in [-0.39, 0.29) is 11.8 Å². The molecule has 0 bridgehead atoms. The number of likely N-dealkylation sites (N-methyl/N-ethyl adjacent to an activating group) is 2. The Morgan fingerprint density at radius 3 is 2.42 bits per heavy atom. The topological polar surface area (TPSA) is 118 Å². The smallest absolute Gasteiger partial charge is 0.417 e. The van der Waals surface area contributed by atoms with Crippen molar-refractivity contribution < 1.29 is 14.3 Å². The van der Waals surface area contributed by atoms with E-state index in [0.717, 1.165) is 11.9 Å². The number of hydrogen-bond donors (Lipinski definition) is 3. The molecule has 3 aromatic carbocycles. The van der Waals surface area contributed by atoms with Gasteiger partial charge in [-0.1, -0.05) is 17.7 Å². The van der Waals surface area contributed by atoms with Gasteiger partial charge < -0.3 is 24.3 Å². The minimum atomic E-state index is -0.559. The van der Waals surface area contributed by atoms with Gasteiger partial charge in [-0.2, -0.15) is 0 Å². The SMILES string of the molecule is CN(C)CCN(C)C(=O)c1ccc(N=C(c2ccc3oc(=O)[nH]c3c2)c2c(O)[nH]c3cc(Cl)ccc23)cc1. The molecule has 0 saturated carbocycles. The van der Waals surface area contributed by atoms with E-state index in [1.807, 2.05) is 25.1 Å². The largest absolute Gasteiger partial charge is 0.494 e. The summed E-state index contributed by atoms with van der Waals surface area (Å²) in [4.78, 5) is 38.7. The number of aromatic nitrogens is 2. The van der Waals surface area contributed by atoms with Crippen LogP contribution in [0.15, 0.2) is 74.9 Å². The summed E-state index contributed by atoms with van der Waals surface area (Å²) in [6.45, 7) is 1.37. The molecule has 0 fully saturated rings. The molecule has 0 saturated heterocycles. The van der Waals surface area contributed by atoms with Crippen LogP contribution >= 0.6 is 11.6 Å². The number of benzene rings is 3. The van der Waals surface area contributed by atoms with E-state index >= 15 is 0 Å². The molecule has 0 aliphatic heterocycles. The molecule has 9 nitrogen and oxygen atoms in total. The summed E-state index contributed by atoms with van der Waals surface area (Å²) >= 11 is 6.16. The summed E-state index contributed by atoms with van der Waals surface area (Å²) in [5, 5.41) is 12.2. The highest BCUT2D eigenvalue weighted by molar-refractivity contribution is 6.31. The van der Waals surface area contributed by atoms with E-state index in [1.54, 1.807) is 66.5 Å². The van der Waals surface area contributed by atoms with Gasteiger partial charge in [0.15, 0.2) is 11.5 Å². The molecule has 0 spiro atoms. The Morgan fingerprint density at radius 1 is 0.947 bits per heavy atom. The Labute approximate surface area is 223 Å². The predicted molar refractivity (Wildman–Crippen MR) is 149 cm³/mol. The summed E-state index contributed by atoms with van der Waals surface area (Å²) < 4.78 is 5.14. The molecular weight excluding hydrogens is 506 g/mol. The minimum absolute atomic E-state index is 0.0730. The number of rotatable bonds is 7. The van der Waals surface area contributed by atoms with Crippen LogP contribution in [0.25, 0.3) is 22.0 Å². The lowest BCUT2D eigenvalue weighted by atomic mass is 10.00. The zero-order valence-electron chi connectivity index (χ0n) is 21.1. The number of aromatic hydroxyl groups is 1. The molecule has 0 aliphatic carbocycles. The van der Waals surface area contributed by atoms with Crippen molar-refractivity contribution in [2.75, 3.05) is 34.2 Å². The predicted octanol–water partition coefficient (Wildman–Crippen LogP) is 4.76. The quantitative estimate of drug-likeness (QED) is 0.262. The lowest BCUT2D eigenvalue weighted by Crippen LogP contribution is -2.33. The van der Waals surface area contributed by atoms with E-state index in [2.05, 4.69) is 9.97 Å². The Kier molecular flexibility index (Phi) is 6.79. The van der Waals surface area contributed by atoms with Crippen LogP contribution < -0.4 is 5.76 Å². The fourth-order valence-electron chi connectivity index (χ4n) is 4.24. The van der Waals surface area contributed by atoms with Gasteiger partial charge in [0.2, 0.25) is 0 Å². The standard InChI is InChI=1S/C28H26ClN5O4/c1-33(2)12-13-34(3)27(36)16-4-8-19(9-5-16)30-25(17-6-11-23-22(14-17)32-28(37)38-23)24-20-10-7-18(29)15-21(20)31-26(24)35/h4-11,14-15,31,35H,12-13H2,1-3H3,(H,32,37). The highest BCUT2D eigenvalue weighted by Crippen LogP contribution is 2.33. The Balaban J connectivity index is 1.58. The number of aliphatic imine (C=N–C) groups is 1. The van der Waals surface area contributed by atoms with Gasteiger partial charge in [-0.25, -0.2) is 9.79 Å². The first kappa shape index (κ1) is 25.3. The molecule has 2 heterocycles. The van der Waals surface area contributed by atoms with Crippen molar-refractivity contribution in [1.29, 1.82) is 0 Å². The minimum Gasteiger partial charge on any atom is -0.494 e. The Hall–Kier alpha value is -4.34. The van der Waals surface area contributed by atoms with E-state index in [0.29, 0.717) is 56.3 Å². The van der Waals surface area contributed by atoms with Crippen molar-refractivity contribution in [2.45, 2.75) is 0 Å². The molecule has 3 N–H and O–H groups in total. The zero-order chi connectivity index (χ0) is 27.0. The summed E-state index contributed by atoms with van der Waals surface area (Å²) in [5.41, 5.74) is 4.28. The number of hydrogen-bond acceptors (Lipinski definition) is 6. The van der Waals surface area contributed by atoms with Crippen LogP contribution in [-0.2, 0) is 0 Å². The van der Waals surface area contributed by atoms with Crippen LogP contribution in [-0.4, -0.2) is 70.7 Å². The first-order valence-electron chi connectivity index (χ1n) is 11.9. The molecular formula is C28H26ClN5O4. The molecule has 5 aromatic rings. The Morgan fingerprint density at radius 2 is 1.68 bits per heavy atom. The van der Waals surface area contributed by atoms with Gasteiger partial charge in [-0.3, -0.25) is 9.78 Å². The zero-order valence-corrected chi connectivity index (χ0v) is 21.8. The highest BCUT2D eigenvalue weighted by atomic mass is 35.5. The molecule has 38 heavy (non-hydrogen) atoms. The van der Waals surface area contributed by atoms with Crippen molar-refractivity contribution in [2.24, 2.45) is 4.99 Å². The molecule has 5 rings (SSSR count). The van der Waals surface area contributed by atoms with Gasteiger partial charge in [0.1, 0.15) is 0 Å². The number of nitrogens with zero attached hydrogens (tertiary/aromatic N) is 3. The molecule has 2 aromatic heterocycles. The number of halogens is 1. The lowest BCUT2D eigenvalue weighted by molar-refractivity contribution is 0.0786. The second-order valence-electron chi connectivity index (χ2n) is 9.30. The molecule has 0 atom stereocenters. The van der Waals surface area contributed by atoms with Crippen LogP contribution in [0.3, 0.4) is 0 Å². The number of amides is 1. The maximum atomic E-state index is 12.8. The maximum absolute atomic E-state index is 12.8. The van der Waals surface area contributed by atoms with Crippen LogP contribution in [0, 0.1) is 0 Å². The molecule has 1 amide bonds. The van der Waals surface area contributed by atoms with Gasteiger partial charge in [0.05, 0.1) is 28.0 Å². The molecule has 0 unspecified atom stereocenters. The number of oxazole rings is 1. The Bertz CT molecular complexity index is 1730. The van der Waals surface area contributed by atoms with Crippen LogP contribution in [0.2, 0.25) is 5.02 Å². The van der Waals surface area contributed by atoms with Gasteiger partial charge in [-0.15, -0.1) is 0 Å².